The third-order valence-corrected chi connectivity index (χ3v) is 3.27. The van der Waals surface area contributed by atoms with Gasteiger partial charge in [-0.3, -0.25) is 4.48 Å². The van der Waals surface area contributed by atoms with Crippen molar-refractivity contribution in [3.05, 3.63) is 30.0 Å². The first kappa shape index (κ1) is 12.9. The van der Waals surface area contributed by atoms with E-state index in [1.54, 1.807) is 39.5 Å². The number of likely N-dealkylation sites (N-methyl/N-ethyl adjacent to an activating group) is 1. The van der Waals surface area contributed by atoms with E-state index in [4.69, 9.17) is 0 Å². The van der Waals surface area contributed by atoms with Crippen LogP contribution in [-0.2, 0) is 6.42 Å². The molecule has 0 radical (unpaired) electrons. The van der Waals surface area contributed by atoms with Gasteiger partial charge >= 0.3 is 5.91 Å². The molecule has 0 aliphatic heterocycles. The highest BCUT2D eigenvalue weighted by molar-refractivity contribution is 5.89. The molecule has 1 aromatic heterocycles. The fourth-order valence-corrected chi connectivity index (χ4v) is 1.87. The number of nitrogens with zero attached hydrogens (tertiary/aromatic N) is 1. The first-order valence-electron chi connectivity index (χ1n) is 5.76. The van der Waals surface area contributed by atoms with E-state index >= 15 is 0 Å². The number of H-pyrrole nitrogens is 1. The molecule has 0 aliphatic carbocycles. The summed E-state index contributed by atoms with van der Waals surface area (Å²) in [7, 11) is 5.11. The van der Waals surface area contributed by atoms with E-state index in [1.807, 2.05) is 6.07 Å². The van der Waals surface area contributed by atoms with Crippen LogP contribution in [0.1, 0.15) is 5.56 Å². The summed E-state index contributed by atoms with van der Waals surface area (Å²) in [6, 6.07) is 5.16. The molecule has 0 amide bonds. The Kier molecular flexibility index (Phi) is 2.85. The van der Waals surface area contributed by atoms with Crippen molar-refractivity contribution >= 4 is 10.9 Å². The predicted octanol–water partition coefficient (Wildman–Crippen LogP) is 0.761. The van der Waals surface area contributed by atoms with Gasteiger partial charge in [0, 0.05) is 17.1 Å². The minimum absolute atomic E-state index is 0.00668. The highest BCUT2D eigenvalue weighted by atomic mass is 16.5. The van der Waals surface area contributed by atoms with Gasteiger partial charge in [-0.25, -0.2) is 0 Å². The zero-order valence-electron chi connectivity index (χ0n) is 10.8. The zero-order valence-corrected chi connectivity index (χ0v) is 10.8. The number of rotatable bonds is 3. The summed E-state index contributed by atoms with van der Waals surface area (Å²) in [4.78, 5) is 3.01. The molecular weight excluding hydrogens is 232 g/mol. The lowest BCUT2D eigenvalue weighted by molar-refractivity contribution is -0.979. The van der Waals surface area contributed by atoms with Crippen molar-refractivity contribution < 1.29 is 19.8 Å². The monoisotopic (exact) mass is 251 g/mol. The third-order valence-electron chi connectivity index (χ3n) is 3.27. The normalized spacial score (nSPS) is 13.2. The molecule has 1 heterocycles. The fraction of sp³-hybridized carbons (Fsp3) is 0.385. The summed E-state index contributed by atoms with van der Waals surface area (Å²) in [5, 5.41) is 30.7. The van der Waals surface area contributed by atoms with Crippen LogP contribution >= 0.6 is 0 Å². The number of phenolic OH excluding ortho intramolecular Hbond substituents is 1. The quantitative estimate of drug-likeness (QED) is 0.480. The van der Waals surface area contributed by atoms with Gasteiger partial charge in [0.25, 0.3) is 0 Å². The van der Waals surface area contributed by atoms with Crippen molar-refractivity contribution in [2.24, 2.45) is 0 Å². The molecule has 0 saturated carbocycles. The van der Waals surface area contributed by atoms with Crippen molar-refractivity contribution in [2.45, 2.75) is 12.3 Å². The summed E-state index contributed by atoms with van der Waals surface area (Å²) in [5.74, 6) is -1.75. The summed E-state index contributed by atoms with van der Waals surface area (Å²) < 4.78 is -0.00668. The summed E-state index contributed by atoms with van der Waals surface area (Å²) in [5.41, 5.74) is 1.46. The van der Waals surface area contributed by atoms with E-state index in [2.05, 4.69) is 4.98 Å². The number of benzene rings is 1. The molecule has 1 aromatic carbocycles. The van der Waals surface area contributed by atoms with Gasteiger partial charge in [-0.05, 0) is 17.7 Å². The van der Waals surface area contributed by atoms with Crippen molar-refractivity contribution in [1.29, 1.82) is 0 Å². The molecule has 0 aliphatic rings. The number of aromatic hydroxyl groups is 1. The largest absolute Gasteiger partial charge is 0.507 e. The molecule has 18 heavy (non-hydrogen) atoms. The number of hydrogen-bond donors (Lipinski definition) is 4. The second-order valence-electron chi connectivity index (χ2n) is 5.48. The van der Waals surface area contributed by atoms with Crippen LogP contribution in [0.5, 0.6) is 5.75 Å². The summed E-state index contributed by atoms with van der Waals surface area (Å²) in [6.45, 7) is 0. The van der Waals surface area contributed by atoms with Crippen LogP contribution in [0.2, 0.25) is 0 Å². The Morgan fingerprint density at radius 1 is 1.22 bits per heavy atom. The molecule has 4 N–H and O–H groups in total. The number of fused-ring (bicyclic) bond motifs is 1. The molecule has 2 rings (SSSR count). The first-order chi connectivity index (χ1) is 8.22. The Morgan fingerprint density at radius 3 is 2.50 bits per heavy atom. The van der Waals surface area contributed by atoms with Crippen LogP contribution in [0, 0.1) is 0 Å². The molecule has 98 valence electrons. The van der Waals surface area contributed by atoms with Crippen molar-refractivity contribution in [1.82, 2.24) is 4.98 Å². The topological polar surface area (TPSA) is 76.5 Å². The van der Waals surface area contributed by atoms with E-state index in [9.17, 15) is 15.3 Å². The minimum Gasteiger partial charge on any atom is -0.507 e. The second kappa shape index (κ2) is 3.98. The molecular formula is C13H19N2O3+. The maximum absolute atomic E-state index is 10.1. The van der Waals surface area contributed by atoms with Crippen LogP contribution in [0.4, 0.5) is 0 Å². The summed E-state index contributed by atoms with van der Waals surface area (Å²) in [6.07, 6.45) is 1.73. The number of quaternary nitrogens is 1. The Bertz CT molecular complexity index is 567. The zero-order chi connectivity index (χ0) is 13.6. The lowest BCUT2D eigenvalue weighted by Gasteiger charge is -2.36. The Hall–Kier alpha value is -1.56. The molecule has 5 heteroatoms. The number of aromatic amines is 1. The van der Waals surface area contributed by atoms with E-state index in [0.717, 1.165) is 5.52 Å². The Balaban J connectivity index is 2.45. The Labute approximate surface area is 105 Å². The smallest absolute Gasteiger partial charge is 0.317 e. The van der Waals surface area contributed by atoms with Crippen LogP contribution in [0.25, 0.3) is 10.9 Å². The molecule has 0 fully saturated rings. The van der Waals surface area contributed by atoms with Crippen LogP contribution in [0.3, 0.4) is 0 Å². The highest BCUT2D eigenvalue weighted by Crippen LogP contribution is 2.30. The van der Waals surface area contributed by atoms with Gasteiger partial charge in [0.1, 0.15) is 5.75 Å². The van der Waals surface area contributed by atoms with Gasteiger partial charge in [0.2, 0.25) is 0 Å². The van der Waals surface area contributed by atoms with Gasteiger partial charge < -0.3 is 20.3 Å². The van der Waals surface area contributed by atoms with Crippen molar-refractivity contribution in [2.75, 3.05) is 21.1 Å². The predicted molar refractivity (Wildman–Crippen MR) is 68.9 cm³/mol. The van der Waals surface area contributed by atoms with Gasteiger partial charge in [0.05, 0.1) is 27.6 Å². The van der Waals surface area contributed by atoms with Crippen LogP contribution < -0.4 is 0 Å². The molecule has 0 bridgehead atoms. The molecule has 0 atom stereocenters. The minimum atomic E-state index is -1.89. The number of hydrogen-bond acceptors (Lipinski definition) is 3. The van der Waals surface area contributed by atoms with Crippen molar-refractivity contribution in [3.63, 3.8) is 0 Å². The van der Waals surface area contributed by atoms with Crippen LogP contribution in [-0.4, -0.2) is 51.8 Å². The van der Waals surface area contributed by atoms with Gasteiger partial charge in [-0.2, -0.15) is 0 Å². The lowest BCUT2D eigenvalue weighted by Crippen LogP contribution is -2.58. The number of nitrogens with one attached hydrogen (secondary N) is 1. The maximum atomic E-state index is 10.1. The van der Waals surface area contributed by atoms with Gasteiger partial charge in [-0.1, -0.05) is 6.07 Å². The summed E-state index contributed by atoms with van der Waals surface area (Å²) >= 11 is 0. The maximum Gasteiger partial charge on any atom is 0.317 e. The lowest BCUT2D eigenvalue weighted by atomic mass is 10.1. The van der Waals surface area contributed by atoms with E-state index in [0.29, 0.717) is 10.9 Å². The molecule has 0 unspecified atom stereocenters. The molecule has 0 saturated heterocycles. The SMILES string of the molecule is C[N+](C)(C)C(O)(O)Cc1c[nH]c2cccc(O)c12. The highest BCUT2D eigenvalue weighted by Gasteiger charge is 2.39. The van der Waals surface area contributed by atoms with E-state index in [-0.39, 0.29) is 16.7 Å². The first-order valence-corrected chi connectivity index (χ1v) is 5.76. The third kappa shape index (κ3) is 2.08. The number of aliphatic hydroxyl groups is 2. The average molecular weight is 251 g/mol. The average Bonchev–Trinajstić information content (AvgIpc) is 2.60. The number of aromatic nitrogens is 1. The fourth-order valence-electron chi connectivity index (χ4n) is 1.87. The van der Waals surface area contributed by atoms with Crippen LogP contribution in [0.15, 0.2) is 24.4 Å². The Morgan fingerprint density at radius 2 is 1.89 bits per heavy atom. The number of phenols is 1. The van der Waals surface area contributed by atoms with Gasteiger partial charge in [-0.15, -0.1) is 0 Å². The standard InChI is InChI=1S/C13H18N2O3/c1-15(2,3)13(17,18)7-9-8-14-10-5-4-6-11(16)12(9)10/h4-6,8,14,17-18H,7H2,1-3H3/p+1. The molecule has 0 spiro atoms. The van der Waals surface area contributed by atoms with Gasteiger partial charge in [0.15, 0.2) is 0 Å². The second-order valence-corrected chi connectivity index (χ2v) is 5.48. The van der Waals surface area contributed by atoms with E-state index in [1.165, 1.54) is 0 Å². The molecule has 2 aromatic rings. The van der Waals surface area contributed by atoms with E-state index < -0.39 is 5.91 Å². The molecule has 5 nitrogen and oxygen atoms in total. The van der Waals surface area contributed by atoms with Crippen molar-refractivity contribution in [3.8, 4) is 5.75 Å².